The molecule has 57 heavy (non-hydrogen) atoms. The van der Waals surface area contributed by atoms with Crippen molar-refractivity contribution >= 4 is 84.8 Å². The number of thiophene rings is 2. The number of rotatable bonds is 5. The Kier molecular flexibility index (Phi) is 7.24. The van der Waals surface area contributed by atoms with Crippen molar-refractivity contribution < 1.29 is 0 Å². The molecule has 0 N–H and O–H groups in total. The topological polar surface area (TPSA) is 43.6 Å². The van der Waals surface area contributed by atoms with E-state index in [9.17, 15) is 0 Å². The molecular formula is C51H30N4S2. The van der Waals surface area contributed by atoms with E-state index in [2.05, 4.69) is 126 Å². The van der Waals surface area contributed by atoms with Crippen LogP contribution in [0.5, 0.6) is 0 Å². The molecule has 0 aliphatic heterocycles. The maximum absolute atomic E-state index is 5.02. The van der Waals surface area contributed by atoms with Gasteiger partial charge in [0.2, 0.25) is 0 Å². The summed E-state index contributed by atoms with van der Waals surface area (Å²) in [6, 6.07) is 64.9. The van der Waals surface area contributed by atoms with Crippen molar-refractivity contribution in [3.05, 3.63) is 182 Å². The Labute approximate surface area is 335 Å². The maximum Gasteiger partial charge on any atom is 0.164 e. The molecule has 12 aromatic rings. The minimum absolute atomic E-state index is 0.662. The van der Waals surface area contributed by atoms with Gasteiger partial charge < -0.3 is 4.57 Å². The molecule has 0 unspecified atom stereocenters. The summed E-state index contributed by atoms with van der Waals surface area (Å²) < 4.78 is 7.54. The highest BCUT2D eigenvalue weighted by Crippen LogP contribution is 2.46. The number of nitrogens with zero attached hydrogens (tertiary/aromatic N) is 4. The molecule has 4 aromatic heterocycles. The Balaban J connectivity index is 1.04. The molecule has 4 heterocycles. The average Bonchev–Trinajstić information content (AvgIpc) is 3.96. The quantitative estimate of drug-likeness (QED) is 0.175. The van der Waals surface area contributed by atoms with Crippen LogP contribution in [-0.4, -0.2) is 19.5 Å². The molecule has 0 bridgehead atoms. The molecule has 0 atom stereocenters. The Morgan fingerprint density at radius 2 is 0.930 bits per heavy atom. The van der Waals surface area contributed by atoms with E-state index in [0.29, 0.717) is 17.5 Å². The third-order valence-corrected chi connectivity index (χ3v) is 13.3. The van der Waals surface area contributed by atoms with Crippen LogP contribution in [0.1, 0.15) is 0 Å². The second kappa shape index (κ2) is 12.8. The fraction of sp³-hybridized carbons (Fsp3) is 0. The summed E-state index contributed by atoms with van der Waals surface area (Å²) in [4.78, 5) is 14.9. The summed E-state index contributed by atoms with van der Waals surface area (Å²) in [5, 5.41) is 7.64. The fourth-order valence-electron chi connectivity index (χ4n) is 8.47. The molecule has 12 rings (SSSR count). The first-order valence-electron chi connectivity index (χ1n) is 19.0. The molecule has 0 fully saturated rings. The van der Waals surface area contributed by atoms with Crippen LogP contribution < -0.4 is 0 Å². The average molecular weight is 763 g/mol. The highest BCUT2D eigenvalue weighted by Gasteiger charge is 2.20. The van der Waals surface area contributed by atoms with Gasteiger partial charge in [0, 0.05) is 73.5 Å². The number of fused-ring (bicyclic) bond motifs is 10. The Hall–Kier alpha value is -6.99. The predicted octanol–water partition coefficient (Wildman–Crippen LogP) is 14.4. The zero-order chi connectivity index (χ0) is 37.5. The molecule has 0 spiro atoms. The molecule has 266 valence electrons. The third-order valence-electron chi connectivity index (χ3n) is 11.0. The molecule has 6 heteroatoms. The first-order valence-corrected chi connectivity index (χ1v) is 20.7. The Morgan fingerprint density at radius 3 is 1.68 bits per heavy atom. The van der Waals surface area contributed by atoms with Crippen LogP contribution in [0.3, 0.4) is 0 Å². The Bertz CT molecular complexity index is 3450. The van der Waals surface area contributed by atoms with Gasteiger partial charge in [-0.2, -0.15) is 0 Å². The summed E-state index contributed by atoms with van der Waals surface area (Å²) in [5.41, 5.74) is 8.96. The van der Waals surface area contributed by atoms with Gasteiger partial charge in [0.1, 0.15) is 0 Å². The van der Waals surface area contributed by atoms with Gasteiger partial charge in [-0.3, -0.25) is 0 Å². The normalized spacial score (nSPS) is 11.9. The monoisotopic (exact) mass is 762 g/mol. The van der Waals surface area contributed by atoms with Gasteiger partial charge in [0.05, 0.1) is 11.0 Å². The van der Waals surface area contributed by atoms with E-state index >= 15 is 0 Å². The molecule has 4 nitrogen and oxygen atoms in total. The van der Waals surface area contributed by atoms with Crippen molar-refractivity contribution in [2.45, 2.75) is 0 Å². The van der Waals surface area contributed by atoms with E-state index < -0.39 is 0 Å². The van der Waals surface area contributed by atoms with Gasteiger partial charge in [-0.1, -0.05) is 133 Å². The van der Waals surface area contributed by atoms with Crippen LogP contribution in [0.2, 0.25) is 0 Å². The summed E-state index contributed by atoms with van der Waals surface area (Å²) in [6.07, 6.45) is 0. The number of aromatic nitrogens is 4. The largest absolute Gasteiger partial charge is 0.309 e. The highest BCUT2D eigenvalue weighted by molar-refractivity contribution is 7.26. The van der Waals surface area contributed by atoms with Gasteiger partial charge in [-0.15, -0.1) is 22.7 Å². The van der Waals surface area contributed by atoms with Gasteiger partial charge in [0.15, 0.2) is 17.5 Å². The first-order chi connectivity index (χ1) is 28.2. The van der Waals surface area contributed by atoms with Crippen LogP contribution in [-0.2, 0) is 0 Å². The van der Waals surface area contributed by atoms with E-state index in [0.717, 1.165) is 16.7 Å². The second-order valence-corrected chi connectivity index (χ2v) is 16.5. The number of hydrogen-bond acceptors (Lipinski definition) is 5. The minimum atomic E-state index is 0.662. The second-order valence-electron chi connectivity index (χ2n) is 14.4. The van der Waals surface area contributed by atoms with Crippen molar-refractivity contribution in [1.82, 2.24) is 19.5 Å². The molecule has 0 radical (unpaired) electrons. The van der Waals surface area contributed by atoms with E-state index in [4.69, 9.17) is 15.0 Å². The van der Waals surface area contributed by atoms with Crippen molar-refractivity contribution in [3.63, 3.8) is 0 Å². The molecule has 0 saturated carbocycles. The molecule has 8 aromatic carbocycles. The van der Waals surface area contributed by atoms with Gasteiger partial charge in [-0.25, -0.2) is 15.0 Å². The van der Waals surface area contributed by atoms with E-state index in [1.165, 1.54) is 79.0 Å². The van der Waals surface area contributed by atoms with E-state index in [1.807, 2.05) is 83.3 Å². The highest BCUT2D eigenvalue weighted by atomic mass is 32.1. The minimum Gasteiger partial charge on any atom is -0.309 e. The SMILES string of the molecule is c1ccc(-c2nc(-c3ccccc3)nc(-c3ccc4c(c3)sc3cccc(-c5ccc6c(c5)c5ccc7sc8ccccc8c7c5n6-c5ccccc5)c34)n2)cc1. The number of para-hydroxylation sites is 1. The number of hydrogen-bond donors (Lipinski definition) is 0. The van der Waals surface area contributed by atoms with E-state index in [1.54, 1.807) is 0 Å². The standard InChI is InChI=1S/C51H30N4S2/c1-4-13-31(14-5-1)49-52-50(32-15-6-2-7-16-32)54-51(53-49)34-23-25-39-45(30-34)57-43-22-12-20-36(46(39)43)33-24-27-41-40(29-33)37-26-28-44-47(38-19-10-11-21-42(38)56-44)48(37)55(41)35-17-8-3-9-18-35/h1-30H. The maximum atomic E-state index is 5.02. The summed E-state index contributed by atoms with van der Waals surface area (Å²) >= 11 is 3.69. The van der Waals surface area contributed by atoms with Crippen molar-refractivity contribution in [2.75, 3.05) is 0 Å². The number of benzene rings is 8. The lowest BCUT2D eigenvalue weighted by Gasteiger charge is -2.10. The van der Waals surface area contributed by atoms with Gasteiger partial charge >= 0.3 is 0 Å². The molecule has 0 amide bonds. The van der Waals surface area contributed by atoms with E-state index in [-0.39, 0.29) is 0 Å². The Morgan fingerprint density at radius 1 is 0.351 bits per heavy atom. The molecular weight excluding hydrogens is 733 g/mol. The van der Waals surface area contributed by atoms with Crippen molar-refractivity contribution in [2.24, 2.45) is 0 Å². The predicted molar refractivity (Wildman–Crippen MR) is 242 cm³/mol. The van der Waals surface area contributed by atoms with Crippen LogP contribution in [0.15, 0.2) is 182 Å². The lowest BCUT2D eigenvalue weighted by molar-refractivity contribution is 1.07. The molecule has 0 aliphatic rings. The third kappa shape index (κ3) is 5.15. The van der Waals surface area contributed by atoms with Gasteiger partial charge in [-0.05, 0) is 59.7 Å². The zero-order valence-corrected chi connectivity index (χ0v) is 32.1. The summed E-state index contributed by atoms with van der Waals surface area (Å²) in [7, 11) is 0. The molecule has 0 saturated heterocycles. The first kappa shape index (κ1) is 32.3. The van der Waals surface area contributed by atoms with Crippen molar-refractivity contribution in [3.8, 4) is 51.0 Å². The zero-order valence-electron chi connectivity index (χ0n) is 30.4. The van der Waals surface area contributed by atoms with Crippen LogP contribution in [0, 0.1) is 0 Å². The van der Waals surface area contributed by atoms with Gasteiger partial charge in [0.25, 0.3) is 0 Å². The summed E-state index contributed by atoms with van der Waals surface area (Å²) in [5.74, 6) is 1.99. The van der Waals surface area contributed by atoms with Crippen LogP contribution in [0.25, 0.3) is 113 Å². The smallest absolute Gasteiger partial charge is 0.164 e. The lowest BCUT2D eigenvalue weighted by Crippen LogP contribution is -1.99. The van der Waals surface area contributed by atoms with Crippen LogP contribution in [0.4, 0.5) is 0 Å². The molecule has 0 aliphatic carbocycles. The van der Waals surface area contributed by atoms with Crippen LogP contribution >= 0.6 is 22.7 Å². The lowest BCUT2D eigenvalue weighted by atomic mass is 9.97. The fourth-order valence-corrected chi connectivity index (χ4v) is 10.8. The van der Waals surface area contributed by atoms with Crippen molar-refractivity contribution in [1.29, 1.82) is 0 Å². The summed E-state index contributed by atoms with van der Waals surface area (Å²) in [6.45, 7) is 0.